The molecule has 2 aliphatic rings. The van der Waals surface area contributed by atoms with E-state index in [0.29, 0.717) is 17.6 Å². The molecular weight excluding hydrogens is 584 g/mol. The number of benzene rings is 4. The summed E-state index contributed by atoms with van der Waals surface area (Å²) < 4.78 is 6.85. The number of allylic oxidation sites excluding steroid dienone is 5. The topological polar surface area (TPSA) is 73.7 Å². The van der Waals surface area contributed by atoms with Gasteiger partial charge in [0, 0.05) is 0 Å². The van der Waals surface area contributed by atoms with Crippen LogP contribution in [0.5, 0.6) is 5.75 Å². The van der Waals surface area contributed by atoms with E-state index in [9.17, 15) is 9.90 Å². The van der Waals surface area contributed by atoms with E-state index in [1.54, 1.807) is 12.3 Å². The van der Waals surface area contributed by atoms with Gasteiger partial charge in [-0.15, -0.1) is 0 Å². The Balaban J connectivity index is 1.21. The zero-order valence-corrected chi connectivity index (χ0v) is 22.5. The third-order valence-electron chi connectivity index (χ3n) is 6.41. The molecule has 0 aliphatic carbocycles. The van der Waals surface area contributed by atoms with Crippen molar-refractivity contribution in [1.82, 2.24) is 5.32 Å². The minimum absolute atomic E-state index is 0.141. The molecule has 3 N–H and O–H groups in total. The number of halogens is 1. The van der Waals surface area contributed by atoms with E-state index in [4.69, 9.17) is 11.1 Å². The van der Waals surface area contributed by atoms with Gasteiger partial charge in [0.25, 0.3) is 0 Å². The maximum absolute atomic E-state index is 13.1. The van der Waals surface area contributed by atoms with Crippen LogP contribution in [-0.4, -0.2) is 25.1 Å². The van der Waals surface area contributed by atoms with Crippen LogP contribution in [0.15, 0.2) is 119 Å². The Hall–Kier alpha value is -4.11. The number of carbonyl (C=O) groups excluding carboxylic acids is 1. The molecular formula is C31H23BIN3O2. The van der Waals surface area contributed by atoms with E-state index in [1.165, 1.54) is 0 Å². The van der Waals surface area contributed by atoms with Crippen LogP contribution in [-0.2, 0) is 6.54 Å². The van der Waals surface area contributed by atoms with E-state index < -0.39 is 20.1 Å². The van der Waals surface area contributed by atoms with Gasteiger partial charge in [-0.3, -0.25) is 0 Å². The summed E-state index contributed by atoms with van der Waals surface area (Å²) in [4.78, 5) is 13.1. The summed E-state index contributed by atoms with van der Waals surface area (Å²) in [5.41, 5.74) is 4.75. The van der Waals surface area contributed by atoms with Crippen LogP contribution < -0.4 is 10.6 Å². The summed E-state index contributed by atoms with van der Waals surface area (Å²) >= 11 is -2.04. The number of anilines is 1. The number of para-hydroxylation sites is 1. The van der Waals surface area contributed by atoms with E-state index in [-0.39, 0.29) is 11.7 Å². The summed E-state index contributed by atoms with van der Waals surface area (Å²) in [6.45, 7) is 0.564. The summed E-state index contributed by atoms with van der Waals surface area (Å²) in [6.07, 6.45) is 5.88. The Morgan fingerprint density at radius 1 is 0.921 bits per heavy atom. The number of aromatic hydroxyl groups is 1. The van der Waals surface area contributed by atoms with Crippen molar-refractivity contribution in [2.24, 2.45) is 3.21 Å². The summed E-state index contributed by atoms with van der Waals surface area (Å²) in [5, 5.41) is 19.0. The number of hydrogen-bond donors (Lipinski definition) is 3. The van der Waals surface area contributed by atoms with Crippen LogP contribution in [0.3, 0.4) is 0 Å². The second-order valence-corrected chi connectivity index (χ2v) is 13.3. The molecule has 2 heterocycles. The van der Waals surface area contributed by atoms with Gasteiger partial charge in [0.2, 0.25) is 0 Å². The molecule has 0 spiro atoms. The van der Waals surface area contributed by atoms with E-state index >= 15 is 0 Å². The molecule has 2 radical (unpaired) electrons. The standard InChI is InChI=1S/C31H23BIN3O2/c32-27-19-35-33-28(27)16-22(25-12-3-4-14-29(25)37)17-30(33)34-18-20-7-5-10-23(15-20)36-31(38)26-13-6-9-21-8-1-2-11-24(21)26/h1-17,19,34,37H,18H2,(H,36,38). The summed E-state index contributed by atoms with van der Waals surface area (Å²) in [5.74, 6) is 0.0857. The third-order valence-corrected chi connectivity index (χ3v) is 11.1. The zero-order valence-electron chi connectivity index (χ0n) is 20.4. The molecule has 0 atom stereocenters. The maximum atomic E-state index is 13.1. The Kier molecular flexibility index (Phi) is 6.60. The van der Waals surface area contributed by atoms with Gasteiger partial charge < -0.3 is 0 Å². The molecule has 0 aromatic heterocycles. The van der Waals surface area contributed by atoms with Crippen molar-refractivity contribution < 1.29 is 9.90 Å². The number of fused-ring (bicyclic) bond motifs is 2. The van der Waals surface area contributed by atoms with Gasteiger partial charge in [-0.2, -0.15) is 0 Å². The molecule has 0 saturated heterocycles. The average Bonchev–Trinajstić information content (AvgIpc) is 3.32. The van der Waals surface area contributed by atoms with Gasteiger partial charge in [0.15, 0.2) is 0 Å². The molecule has 184 valence electrons. The molecule has 1 amide bonds. The normalized spacial score (nSPS) is 15.2. The molecule has 4 aromatic carbocycles. The molecule has 38 heavy (non-hydrogen) atoms. The van der Waals surface area contributed by atoms with Gasteiger partial charge in [-0.1, -0.05) is 6.07 Å². The third kappa shape index (κ3) is 4.77. The van der Waals surface area contributed by atoms with Crippen molar-refractivity contribution in [2.75, 3.05) is 5.32 Å². The summed E-state index contributed by atoms with van der Waals surface area (Å²) in [7, 11) is 6.25. The van der Waals surface area contributed by atoms with Crippen molar-refractivity contribution in [3.63, 3.8) is 0 Å². The van der Waals surface area contributed by atoms with E-state index in [2.05, 4.69) is 22.8 Å². The molecule has 2 aliphatic heterocycles. The van der Waals surface area contributed by atoms with E-state index in [1.807, 2.05) is 84.9 Å². The fourth-order valence-corrected chi connectivity index (χ4v) is 8.88. The number of nitrogens with zero attached hydrogens (tertiary/aromatic N) is 1. The van der Waals surface area contributed by atoms with Crippen molar-refractivity contribution in [3.05, 3.63) is 133 Å². The van der Waals surface area contributed by atoms with Gasteiger partial charge >= 0.3 is 225 Å². The zero-order chi connectivity index (χ0) is 26.1. The first-order chi connectivity index (χ1) is 18.6. The second-order valence-electron chi connectivity index (χ2n) is 8.94. The Morgan fingerprint density at radius 3 is 2.61 bits per heavy atom. The van der Waals surface area contributed by atoms with Crippen LogP contribution >= 0.6 is 20.1 Å². The molecule has 0 saturated carbocycles. The van der Waals surface area contributed by atoms with Crippen molar-refractivity contribution in [3.8, 4) is 5.75 Å². The quantitative estimate of drug-likeness (QED) is 0.130. The average molecular weight is 607 g/mol. The number of hydrogen-bond acceptors (Lipinski definition) is 4. The van der Waals surface area contributed by atoms with Crippen LogP contribution in [0.2, 0.25) is 0 Å². The number of rotatable bonds is 6. The number of phenolic OH excluding ortho intramolecular Hbond substituents is 1. The van der Waals surface area contributed by atoms with Gasteiger partial charge in [0.1, 0.15) is 0 Å². The molecule has 0 bridgehead atoms. The van der Waals surface area contributed by atoms with Crippen LogP contribution in [0.1, 0.15) is 21.5 Å². The SMILES string of the molecule is [B]C1=C2C=C(c3ccccc3O)C=C(NCc3cccc(NC(=O)c4cccc5ccccc45)c3)I2N=C1. The Labute approximate surface area is 229 Å². The van der Waals surface area contributed by atoms with Crippen LogP contribution in [0, 0.1) is 0 Å². The minimum atomic E-state index is -2.04. The first kappa shape index (κ1) is 24.2. The number of nitrogens with one attached hydrogen (secondary N) is 2. The fourth-order valence-electron chi connectivity index (χ4n) is 4.54. The number of amides is 1. The first-order valence-electron chi connectivity index (χ1n) is 12.1. The molecule has 0 unspecified atom stereocenters. The van der Waals surface area contributed by atoms with E-state index in [0.717, 1.165) is 40.4 Å². The molecule has 5 nitrogen and oxygen atoms in total. The predicted octanol–water partition coefficient (Wildman–Crippen LogP) is 6.71. The Morgan fingerprint density at radius 2 is 1.71 bits per heavy atom. The monoisotopic (exact) mass is 607 g/mol. The molecule has 4 aromatic rings. The van der Waals surface area contributed by atoms with Crippen LogP contribution in [0.25, 0.3) is 16.3 Å². The first-order valence-corrected chi connectivity index (χ1v) is 15.3. The van der Waals surface area contributed by atoms with Gasteiger partial charge in [0.05, 0.1) is 0 Å². The summed E-state index contributed by atoms with van der Waals surface area (Å²) in [6, 6.07) is 28.8. The van der Waals surface area contributed by atoms with Crippen molar-refractivity contribution >= 4 is 62.1 Å². The number of carbonyl (C=O) groups is 1. The predicted molar refractivity (Wildman–Crippen MR) is 165 cm³/mol. The fraction of sp³-hybridized carbons (Fsp3) is 0.0323. The molecule has 6 rings (SSSR count). The van der Waals surface area contributed by atoms with Gasteiger partial charge in [-0.05, 0) is 0 Å². The molecule has 0 fully saturated rings. The number of phenols is 1. The van der Waals surface area contributed by atoms with Crippen LogP contribution in [0.4, 0.5) is 5.69 Å². The van der Waals surface area contributed by atoms with Crippen molar-refractivity contribution in [2.45, 2.75) is 6.54 Å². The van der Waals surface area contributed by atoms with Crippen molar-refractivity contribution in [1.29, 1.82) is 0 Å². The molecule has 7 heteroatoms. The van der Waals surface area contributed by atoms with Gasteiger partial charge in [-0.25, -0.2) is 0 Å². The second kappa shape index (κ2) is 10.3. The Bertz CT molecular complexity index is 1700.